The lowest BCUT2D eigenvalue weighted by atomic mass is 10.1. The molecule has 0 atom stereocenters. The summed E-state index contributed by atoms with van der Waals surface area (Å²) in [6.45, 7) is 0.635. The van der Waals surface area contributed by atoms with Crippen molar-refractivity contribution in [2.45, 2.75) is 6.54 Å². The van der Waals surface area contributed by atoms with E-state index in [9.17, 15) is 0 Å². The number of hydrogen-bond acceptors (Lipinski definition) is 6. The van der Waals surface area contributed by atoms with Crippen LogP contribution in [-0.4, -0.2) is 14.3 Å². The Balaban J connectivity index is 1.85. The van der Waals surface area contributed by atoms with Crippen molar-refractivity contribution in [1.29, 1.82) is 0 Å². The van der Waals surface area contributed by atoms with Crippen LogP contribution in [0.3, 0.4) is 0 Å². The van der Waals surface area contributed by atoms with E-state index in [1.807, 2.05) is 30.3 Å². The first-order valence-corrected chi connectivity index (χ1v) is 6.91. The lowest BCUT2D eigenvalue weighted by Crippen LogP contribution is -2.01. The van der Waals surface area contributed by atoms with Crippen LogP contribution in [-0.2, 0) is 6.54 Å². The molecule has 3 N–H and O–H groups in total. The number of nitrogens with two attached hydrogens (primary N) is 1. The molecule has 0 aliphatic carbocycles. The molecule has 0 unspecified atom stereocenters. The summed E-state index contributed by atoms with van der Waals surface area (Å²) in [5.41, 5.74) is 8.79. The van der Waals surface area contributed by atoms with E-state index in [2.05, 4.69) is 19.7 Å². The molecule has 0 aromatic carbocycles. The molecule has 3 rings (SSSR count). The average molecular weight is 283 g/mol. The van der Waals surface area contributed by atoms with E-state index >= 15 is 0 Å². The van der Waals surface area contributed by atoms with Crippen LogP contribution in [0.1, 0.15) is 5.69 Å². The number of nitrogens with zero attached hydrogens (tertiary/aromatic N) is 3. The van der Waals surface area contributed by atoms with E-state index in [-0.39, 0.29) is 0 Å². The number of pyridine rings is 2. The van der Waals surface area contributed by atoms with E-state index in [0.717, 1.165) is 21.8 Å². The summed E-state index contributed by atoms with van der Waals surface area (Å²) in [5, 5.41) is 4.27. The quantitative estimate of drug-likeness (QED) is 0.770. The third-order valence-corrected chi connectivity index (χ3v) is 3.64. The van der Waals surface area contributed by atoms with Crippen LogP contribution >= 0.6 is 11.5 Å². The number of nitrogens with one attached hydrogen (secondary N) is 1. The number of anilines is 2. The Bertz CT molecular complexity index is 681. The summed E-state index contributed by atoms with van der Waals surface area (Å²) >= 11 is 1.35. The maximum absolute atomic E-state index is 5.96. The van der Waals surface area contributed by atoms with Crippen LogP contribution in [0.2, 0.25) is 0 Å². The third-order valence-electron chi connectivity index (χ3n) is 2.82. The molecule has 20 heavy (non-hydrogen) atoms. The lowest BCUT2D eigenvalue weighted by molar-refractivity contribution is 1.05. The first-order valence-electron chi connectivity index (χ1n) is 6.14. The van der Waals surface area contributed by atoms with Gasteiger partial charge in [0.25, 0.3) is 0 Å². The van der Waals surface area contributed by atoms with Gasteiger partial charge in [0.1, 0.15) is 10.8 Å². The molecule has 0 aliphatic rings. The molecular formula is C14H13N5S. The highest BCUT2D eigenvalue weighted by Crippen LogP contribution is 2.36. The Hall–Kier alpha value is -2.47. The van der Waals surface area contributed by atoms with Crippen molar-refractivity contribution in [2.75, 3.05) is 11.1 Å². The van der Waals surface area contributed by atoms with Gasteiger partial charge in [-0.05, 0) is 29.7 Å². The molecule has 100 valence electrons. The normalized spacial score (nSPS) is 10.4. The van der Waals surface area contributed by atoms with E-state index in [0.29, 0.717) is 12.4 Å². The fourth-order valence-electron chi connectivity index (χ4n) is 1.89. The summed E-state index contributed by atoms with van der Waals surface area (Å²) < 4.78 is 4.21. The van der Waals surface area contributed by atoms with E-state index in [1.165, 1.54) is 11.5 Å². The predicted octanol–water partition coefficient (Wildman–Crippen LogP) is 2.79. The molecule has 3 heterocycles. The van der Waals surface area contributed by atoms with Crippen molar-refractivity contribution in [3.63, 3.8) is 0 Å². The van der Waals surface area contributed by atoms with E-state index in [1.54, 1.807) is 18.6 Å². The van der Waals surface area contributed by atoms with Crippen molar-refractivity contribution in [2.24, 2.45) is 0 Å². The SMILES string of the molecule is Nc1nsc(NCc2ccccn2)c1-c1cccnc1. The van der Waals surface area contributed by atoms with Crippen molar-refractivity contribution in [3.05, 3.63) is 54.6 Å². The first-order chi connectivity index (χ1) is 9.84. The minimum atomic E-state index is 0.520. The molecule has 5 nitrogen and oxygen atoms in total. The largest absolute Gasteiger partial charge is 0.382 e. The highest BCUT2D eigenvalue weighted by atomic mass is 32.1. The average Bonchev–Trinajstić information content (AvgIpc) is 2.88. The molecule has 0 saturated carbocycles. The van der Waals surface area contributed by atoms with Gasteiger partial charge >= 0.3 is 0 Å². The topological polar surface area (TPSA) is 76.7 Å². The van der Waals surface area contributed by atoms with Gasteiger partial charge in [-0.2, -0.15) is 4.37 Å². The fourth-order valence-corrected chi connectivity index (χ4v) is 2.62. The Kier molecular flexibility index (Phi) is 3.56. The van der Waals surface area contributed by atoms with Crippen molar-refractivity contribution >= 4 is 22.4 Å². The molecule has 0 spiro atoms. The van der Waals surface area contributed by atoms with Gasteiger partial charge in [0.05, 0.1) is 17.8 Å². The van der Waals surface area contributed by atoms with Crippen molar-refractivity contribution in [3.8, 4) is 11.1 Å². The molecule has 3 aromatic rings. The molecule has 0 saturated heterocycles. The molecule has 6 heteroatoms. The second-order valence-electron chi connectivity index (χ2n) is 4.19. The summed E-state index contributed by atoms with van der Waals surface area (Å²) in [6, 6.07) is 9.69. The lowest BCUT2D eigenvalue weighted by Gasteiger charge is -2.06. The van der Waals surface area contributed by atoms with Gasteiger partial charge in [-0.25, -0.2) is 0 Å². The second kappa shape index (κ2) is 5.66. The number of hydrogen-bond donors (Lipinski definition) is 2. The molecule has 0 amide bonds. The molecule has 0 fully saturated rings. The van der Waals surface area contributed by atoms with Crippen LogP contribution < -0.4 is 11.1 Å². The minimum Gasteiger partial charge on any atom is -0.382 e. The number of aromatic nitrogens is 3. The van der Waals surface area contributed by atoms with Crippen LogP contribution in [0, 0.1) is 0 Å². The van der Waals surface area contributed by atoms with Crippen LogP contribution in [0.25, 0.3) is 11.1 Å². The van der Waals surface area contributed by atoms with Gasteiger partial charge < -0.3 is 11.1 Å². The smallest absolute Gasteiger partial charge is 0.147 e. The molecular weight excluding hydrogens is 270 g/mol. The fraction of sp³-hybridized carbons (Fsp3) is 0.0714. The highest BCUT2D eigenvalue weighted by molar-refractivity contribution is 7.11. The Morgan fingerprint density at radius 1 is 1.15 bits per heavy atom. The van der Waals surface area contributed by atoms with Crippen LogP contribution in [0.4, 0.5) is 10.8 Å². The Morgan fingerprint density at radius 3 is 2.85 bits per heavy atom. The zero-order valence-corrected chi connectivity index (χ0v) is 11.5. The summed E-state index contributed by atoms with van der Waals surface area (Å²) in [4.78, 5) is 8.40. The van der Waals surface area contributed by atoms with Gasteiger partial charge in [-0.1, -0.05) is 12.1 Å². The summed E-state index contributed by atoms with van der Waals surface area (Å²) in [5.74, 6) is 0.520. The zero-order chi connectivity index (χ0) is 13.8. The molecule has 0 radical (unpaired) electrons. The maximum Gasteiger partial charge on any atom is 0.147 e. The number of nitrogen functional groups attached to an aromatic ring is 1. The van der Waals surface area contributed by atoms with Gasteiger partial charge in [0.2, 0.25) is 0 Å². The maximum atomic E-state index is 5.96. The van der Waals surface area contributed by atoms with Crippen molar-refractivity contribution in [1.82, 2.24) is 14.3 Å². The summed E-state index contributed by atoms with van der Waals surface area (Å²) in [7, 11) is 0. The van der Waals surface area contributed by atoms with E-state index in [4.69, 9.17) is 5.73 Å². The monoisotopic (exact) mass is 283 g/mol. The molecule has 3 aromatic heterocycles. The van der Waals surface area contributed by atoms with Crippen LogP contribution in [0.5, 0.6) is 0 Å². The molecule has 0 bridgehead atoms. The van der Waals surface area contributed by atoms with Gasteiger partial charge in [-0.15, -0.1) is 0 Å². The van der Waals surface area contributed by atoms with Crippen LogP contribution in [0.15, 0.2) is 48.9 Å². The number of rotatable bonds is 4. The highest BCUT2D eigenvalue weighted by Gasteiger charge is 2.13. The summed E-state index contributed by atoms with van der Waals surface area (Å²) in [6.07, 6.45) is 5.30. The third kappa shape index (κ3) is 2.60. The van der Waals surface area contributed by atoms with E-state index < -0.39 is 0 Å². The van der Waals surface area contributed by atoms with Gasteiger partial charge in [-0.3, -0.25) is 9.97 Å². The minimum absolute atomic E-state index is 0.520. The zero-order valence-electron chi connectivity index (χ0n) is 10.7. The van der Waals surface area contributed by atoms with Gasteiger partial charge in [0, 0.05) is 24.2 Å². The standard InChI is InChI=1S/C14H13N5S/c15-13-12(10-4-3-6-16-8-10)14(20-19-13)18-9-11-5-1-2-7-17-11/h1-8,18H,9H2,(H2,15,19). The second-order valence-corrected chi connectivity index (χ2v) is 4.96. The Morgan fingerprint density at radius 2 is 2.10 bits per heavy atom. The van der Waals surface area contributed by atoms with Crippen molar-refractivity contribution < 1.29 is 0 Å². The Labute approximate surface area is 120 Å². The first kappa shape index (κ1) is 12.6. The predicted molar refractivity (Wildman–Crippen MR) is 81.3 cm³/mol. The van der Waals surface area contributed by atoms with Gasteiger partial charge in [0.15, 0.2) is 0 Å². The molecule has 0 aliphatic heterocycles.